The number of pyridine rings is 1. The minimum atomic E-state index is 0.791. The number of hydrogen-bond donors (Lipinski definition) is 0. The maximum atomic E-state index is 10.5. The van der Waals surface area contributed by atoms with Gasteiger partial charge in [0.2, 0.25) is 6.41 Å². The molecule has 2 rings (SSSR count). The lowest BCUT2D eigenvalue weighted by Gasteiger charge is -2.33. The zero-order valence-corrected chi connectivity index (χ0v) is 8.89. The van der Waals surface area contributed by atoms with Gasteiger partial charge >= 0.3 is 0 Å². The van der Waals surface area contributed by atoms with E-state index in [1.165, 1.54) is 0 Å². The fraction of sp³-hybridized carbons (Fsp3) is 0.455. The van der Waals surface area contributed by atoms with E-state index in [0.29, 0.717) is 0 Å². The van der Waals surface area contributed by atoms with Crippen molar-refractivity contribution in [2.75, 3.05) is 31.1 Å². The highest BCUT2D eigenvalue weighted by atomic mass is 16.1. The van der Waals surface area contributed by atoms with Gasteiger partial charge in [-0.15, -0.1) is 0 Å². The van der Waals surface area contributed by atoms with Crippen molar-refractivity contribution in [3.8, 4) is 0 Å². The van der Waals surface area contributed by atoms with Gasteiger partial charge in [-0.25, -0.2) is 4.98 Å². The van der Waals surface area contributed by atoms with Crippen molar-refractivity contribution in [2.24, 2.45) is 0 Å². The van der Waals surface area contributed by atoms with Gasteiger partial charge in [0.05, 0.1) is 0 Å². The highest BCUT2D eigenvalue weighted by Crippen LogP contribution is 2.13. The fourth-order valence-electron chi connectivity index (χ4n) is 1.76. The summed E-state index contributed by atoms with van der Waals surface area (Å²) in [6, 6.07) is 6.03. The molecule has 1 aromatic rings. The fourth-order valence-corrected chi connectivity index (χ4v) is 1.76. The highest BCUT2D eigenvalue weighted by Gasteiger charge is 2.16. The smallest absolute Gasteiger partial charge is 0.209 e. The number of carbonyl (C=O) groups is 1. The van der Waals surface area contributed by atoms with Crippen LogP contribution in [-0.4, -0.2) is 42.5 Å². The quantitative estimate of drug-likeness (QED) is 0.666. The van der Waals surface area contributed by atoms with Gasteiger partial charge in [0.25, 0.3) is 0 Å². The standard InChI is InChI=1S/C11H15N3O/c1-10-3-2-4-11(12-10)14-7-5-13(9-15)6-8-14/h2-4,9H,5-8H2,1H3. The minimum Gasteiger partial charge on any atom is -0.353 e. The molecule has 4 heteroatoms. The van der Waals surface area contributed by atoms with Crippen molar-refractivity contribution in [1.29, 1.82) is 0 Å². The van der Waals surface area contributed by atoms with Crippen molar-refractivity contribution in [2.45, 2.75) is 6.92 Å². The number of hydrogen-bond acceptors (Lipinski definition) is 3. The topological polar surface area (TPSA) is 36.4 Å². The Kier molecular flexibility index (Phi) is 2.85. The Bertz CT molecular complexity index is 345. The molecule has 0 aromatic carbocycles. The largest absolute Gasteiger partial charge is 0.353 e. The molecule has 0 radical (unpaired) electrons. The molecule has 0 spiro atoms. The van der Waals surface area contributed by atoms with E-state index in [2.05, 4.69) is 9.88 Å². The van der Waals surface area contributed by atoms with Crippen LogP contribution in [0.15, 0.2) is 18.2 Å². The zero-order chi connectivity index (χ0) is 10.7. The van der Waals surface area contributed by atoms with E-state index in [9.17, 15) is 4.79 Å². The van der Waals surface area contributed by atoms with Crippen LogP contribution in [0.25, 0.3) is 0 Å². The maximum Gasteiger partial charge on any atom is 0.209 e. The third-order valence-corrected chi connectivity index (χ3v) is 2.66. The molecule has 1 aliphatic rings. The van der Waals surface area contributed by atoms with E-state index in [1.807, 2.05) is 25.1 Å². The number of rotatable bonds is 2. The molecule has 4 nitrogen and oxygen atoms in total. The molecule has 1 aromatic heterocycles. The van der Waals surface area contributed by atoms with E-state index in [1.54, 1.807) is 4.90 Å². The van der Waals surface area contributed by atoms with E-state index in [4.69, 9.17) is 0 Å². The molecule has 0 saturated carbocycles. The van der Waals surface area contributed by atoms with Crippen LogP contribution in [0.2, 0.25) is 0 Å². The van der Waals surface area contributed by atoms with Crippen molar-refractivity contribution >= 4 is 12.2 Å². The number of carbonyl (C=O) groups excluding carboxylic acids is 1. The van der Waals surface area contributed by atoms with E-state index in [0.717, 1.165) is 44.1 Å². The lowest BCUT2D eigenvalue weighted by atomic mass is 10.3. The van der Waals surface area contributed by atoms with Gasteiger partial charge < -0.3 is 9.80 Å². The summed E-state index contributed by atoms with van der Waals surface area (Å²) in [5, 5.41) is 0. The van der Waals surface area contributed by atoms with E-state index >= 15 is 0 Å². The van der Waals surface area contributed by atoms with Gasteiger partial charge in [-0.2, -0.15) is 0 Å². The summed E-state index contributed by atoms with van der Waals surface area (Å²) in [6.07, 6.45) is 0.918. The SMILES string of the molecule is Cc1cccc(N2CCN(C=O)CC2)n1. The molecular weight excluding hydrogens is 190 g/mol. The van der Waals surface area contributed by atoms with E-state index < -0.39 is 0 Å². The molecule has 0 aliphatic carbocycles. The van der Waals surface area contributed by atoms with Crippen LogP contribution >= 0.6 is 0 Å². The van der Waals surface area contributed by atoms with Crippen LogP contribution in [0.1, 0.15) is 5.69 Å². The summed E-state index contributed by atoms with van der Waals surface area (Å²) in [5.74, 6) is 1.01. The number of nitrogens with zero attached hydrogens (tertiary/aromatic N) is 3. The molecular formula is C11H15N3O. The first-order valence-corrected chi connectivity index (χ1v) is 5.17. The van der Waals surface area contributed by atoms with Crippen LogP contribution in [0, 0.1) is 6.92 Å². The minimum absolute atomic E-state index is 0.791. The van der Waals surface area contributed by atoms with Gasteiger partial charge in [0, 0.05) is 31.9 Å². The monoisotopic (exact) mass is 205 g/mol. The van der Waals surface area contributed by atoms with Crippen molar-refractivity contribution in [3.05, 3.63) is 23.9 Å². The van der Waals surface area contributed by atoms with Gasteiger partial charge in [-0.05, 0) is 19.1 Å². The van der Waals surface area contributed by atoms with Gasteiger partial charge in [-0.1, -0.05) is 6.07 Å². The number of anilines is 1. The Hall–Kier alpha value is -1.58. The lowest BCUT2D eigenvalue weighted by molar-refractivity contribution is -0.118. The molecule has 1 saturated heterocycles. The predicted octanol–water partition coefficient (Wildman–Crippen LogP) is 0.668. The number of aryl methyl sites for hydroxylation is 1. The summed E-state index contributed by atoms with van der Waals surface area (Å²) in [7, 11) is 0. The average molecular weight is 205 g/mol. The van der Waals surface area contributed by atoms with Crippen molar-refractivity contribution in [3.63, 3.8) is 0 Å². The highest BCUT2D eigenvalue weighted by molar-refractivity contribution is 5.49. The van der Waals surface area contributed by atoms with E-state index in [-0.39, 0.29) is 0 Å². The average Bonchev–Trinajstić information content (AvgIpc) is 2.29. The summed E-state index contributed by atoms with van der Waals surface area (Å²) in [6.45, 7) is 5.31. The first-order chi connectivity index (χ1) is 7.29. The number of aromatic nitrogens is 1. The number of amides is 1. The molecule has 0 bridgehead atoms. The predicted molar refractivity (Wildman–Crippen MR) is 58.8 cm³/mol. The molecule has 1 amide bonds. The Labute approximate surface area is 89.5 Å². The second-order valence-corrected chi connectivity index (χ2v) is 3.77. The van der Waals surface area contributed by atoms with Crippen LogP contribution in [-0.2, 0) is 4.79 Å². The lowest BCUT2D eigenvalue weighted by Crippen LogP contribution is -2.46. The van der Waals surface area contributed by atoms with Crippen LogP contribution < -0.4 is 4.90 Å². The summed E-state index contributed by atoms with van der Waals surface area (Å²) in [5.41, 5.74) is 1.03. The van der Waals surface area contributed by atoms with Crippen LogP contribution in [0.4, 0.5) is 5.82 Å². The van der Waals surface area contributed by atoms with Crippen LogP contribution in [0.5, 0.6) is 0 Å². The molecule has 2 heterocycles. The van der Waals surface area contributed by atoms with Gasteiger partial charge in [0.1, 0.15) is 5.82 Å². The van der Waals surface area contributed by atoms with Gasteiger partial charge in [-0.3, -0.25) is 4.79 Å². The Morgan fingerprint density at radius 3 is 2.60 bits per heavy atom. The second kappa shape index (κ2) is 4.29. The first kappa shape index (κ1) is 9.96. The number of piperazine rings is 1. The Morgan fingerprint density at radius 1 is 1.27 bits per heavy atom. The summed E-state index contributed by atoms with van der Waals surface area (Å²) < 4.78 is 0. The van der Waals surface area contributed by atoms with Crippen molar-refractivity contribution in [1.82, 2.24) is 9.88 Å². The molecule has 0 N–H and O–H groups in total. The Balaban J connectivity index is 2.04. The molecule has 0 unspecified atom stereocenters. The molecule has 1 fully saturated rings. The maximum absolute atomic E-state index is 10.5. The third kappa shape index (κ3) is 2.26. The third-order valence-electron chi connectivity index (χ3n) is 2.66. The molecule has 1 aliphatic heterocycles. The van der Waals surface area contributed by atoms with Crippen LogP contribution in [0.3, 0.4) is 0 Å². The molecule has 0 atom stereocenters. The molecule has 15 heavy (non-hydrogen) atoms. The second-order valence-electron chi connectivity index (χ2n) is 3.77. The first-order valence-electron chi connectivity index (χ1n) is 5.17. The summed E-state index contributed by atoms with van der Waals surface area (Å²) >= 11 is 0. The Morgan fingerprint density at radius 2 is 2.00 bits per heavy atom. The van der Waals surface area contributed by atoms with Gasteiger partial charge in [0.15, 0.2) is 0 Å². The summed E-state index contributed by atoms with van der Waals surface area (Å²) in [4.78, 5) is 19.0. The van der Waals surface area contributed by atoms with Crippen molar-refractivity contribution < 1.29 is 4.79 Å². The zero-order valence-electron chi connectivity index (χ0n) is 8.89. The molecule has 80 valence electrons. The normalized spacial score (nSPS) is 16.6.